The van der Waals surface area contributed by atoms with Crippen molar-refractivity contribution in [3.05, 3.63) is 47.3 Å². The van der Waals surface area contributed by atoms with Crippen LogP contribution in [0, 0.1) is 0 Å². The lowest BCUT2D eigenvalue weighted by molar-refractivity contribution is -0.115. The molecule has 0 N–H and O–H groups in total. The number of aromatic nitrogens is 1. The molecule has 0 aliphatic rings. The molecule has 7 nitrogen and oxygen atoms in total. The minimum Gasteiger partial charge on any atom is -0.497 e. The van der Waals surface area contributed by atoms with Crippen molar-refractivity contribution in [2.24, 2.45) is 4.99 Å². The van der Waals surface area contributed by atoms with Crippen LogP contribution in [0.25, 0.3) is 10.2 Å². The standard InChI is InChI=1S/C20H22N2O5S3/c1-26-11-10-22-17-9-6-15(28-3)12-18(17)29-20(22)21-19(23)13-30(24,25)16-7-4-14(27-2)5-8-16/h4-9,12H,10-11,13H2,1-3H3. The maximum Gasteiger partial charge on any atom is 0.263 e. The van der Waals surface area contributed by atoms with Gasteiger partial charge in [0.2, 0.25) is 0 Å². The number of thioether (sulfide) groups is 1. The Morgan fingerprint density at radius 2 is 1.90 bits per heavy atom. The Morgan fingerprint density at radius 1 is 1.17 bits per heavy atom. The molecule has 0 aliphatic carbocycles. The number of amides is 1. The molecule has 3 aromatic rings. The van der Waals surface area contributed by atoms with Gasteiger partial charge in [-0.15, -0.1) is 11.8 Å². The number of methoxy groups -OCH3 is 2. The van der Waals surface area contributed by atoms with Crippen LogP contribution in [0.2, 0.25) is 0 Å². The van der Waals surface area contributed by atoms with Gasteiger partial charge in [-0.25, -0.2) is 8.42 Å². The Kier molecular flexibility index (Phi) is 7.35. The van der Waals surface area contributed by atoms with Gasteiger partial charge in [0.1, 0.15) is 11.5 Å². The summed E-state index contributed by atoms with van der Waals surface area (Å²) in [6, 6.07) is 11.9. The number of carbonyl (C=O) groups excluding carboxylic acids is 1. The van der Waals surface area contributed by atoms with Gasteiger partial charge in [0.15, 0.2) is 14.6 Å². The fraction of sp³-hybridized carbons (Fsp3) is 0.300. The second kappa shape index (κ2) is 9.78. The van der Waals surface area contributed by atoms with Crippen LogP contribution in [0.4, 0.5) is 0 Å². The van der Waals surface area contributed by atoms with Crippen LogP contribution in [0.15, 0.2) is 57.2 Å². The molecule has 0 bridgehead atoms. The number of sulfone groups is 1. The van der Waals surface area contributed by atoms with Crippen LogP contribution in [0.5, 0.6) is 5.75 Å². The van der Waals surface area contributed by atoms with Crippen LogP contribution >= 0.6 is 23.1 Å². The molecule has 0 fully saturated rings. The first-order chi connectivity index (χ1) is 14.4. The molecule has 2 aromatic carbocycles. The van der Waals surface area contributed by atoms with Crippen molar-refractivity contribution in [1.82, 2.24) is 4.57 Å². The summed E-state index contributed by atoms with van der Waals surface area (Å²) in [6.07, 6.45) is 1.99. The number of rotatable bonds is 8. The van der Waals surface area contributed by atoms with Crippen molar-refractivity contribution in [3.63, 3.8) is 0 Å². The molecule has 30 heavy (non-hydrogen) atoms. The molecule has 160 valence electrons. The fourth-order valence-corrected chi connectivity index (χ4v) is 5.57. The number of hydrogen-bond donors (Lipinski definition) is 0. The Balaban J connectivity index is 1.94. The van der Waals surface area contributed by atoms with Crippen LogP contribution in [-0.2, 0) is 25.9 Å². The maximum absolute atomic E-state index is 12.6. The van der Waals surface area contributed by atoms with E-state index in [1.54, 1.807) is 31.0 Å². The van der Waals surface area contributed by atoms with Gasteiger partial charge in [-0.3, -0.25) is 4.79 Å². The minimum atomic E-state index is -3.81. The Bertz CT molecular complexity index is 1210. The van der Waals surface area contributed by atoms with Gasteiger partial charge in [0.25, 0.3) is 5.91 Å². The molecule has 0 radical (unpaired) electrons. The summed E-state index contributed by atoms with van der Waals surface area (Å²) >= 11 is 2.98. The molecule has 0 unspecified atom stereocenters. The number of benzene rings is 2. The zero-order valence-corrected chi connectivity index (χ0v) is 19.3. The van der Waals surface area contributed by atoms with E-state index in [1.165, 1.54) is 30.6 Å². The number of carbonyl (C=O) groups is 1. The average Bonchev–Trinajstić information content (AvgIpc) is 3.07. The predicted molar refractivity (Wildman–Crippen MR) is 119 cm³/mol. The highest BCUT2D eigenvalue weighted by Crippen LogP contribution is 2.24. The van der Waals surface area contributed by atoms with E-state index in [9.17, 15) is 13.2 Å². The summed E-state index contributed by atoms with van der Waals surface area (Å²) in [6.45, 7) is 0.952. The molecular weight excluding hydrogens is 444 g/mol. The molecule has 10 heteroatoms. The van der Waals surface area contributed by atoms with Gasteiger partial charge in [0.05, 0.1) is 28.8 Å². The normalized spacial score (nSPS) is 12.4. The molecule has 1 amide bonds. The highest BCUT2D eigenvalue weighted by Gasteiger charge is 2.20. The highest BCUT2D eigenvalue weighted by molar-refractivity contribution is 7.98. The summed E-state index contributed by atoms with van der Waals surface area (Å²) in [5.41, 5.74) is 0.930. The third-order valence-corrected chi connectivity index (χ3v) is 7.75. The molecule has 1 aromatic heterocycles. The van der Waals surface area contributed by atoms with Crippen molar-refractivity contribution < 1.29 is 22.7 Å². The number of fused-ring (bicyclic) bond motifs is 1. The predicted octanol–water partition coefficient (Wildman–Crippen LogP) is 2.98. The molecule has 0 saturated heterocycles. The van der Waals surface area contributed by atoms with E-state index in [0.29, 0.717) is 23.7 Å². The SMILES string of the molecule is COCCn1c(=NC(=O)CS(=O)(=O)c2ccc(OC)cc2)sc2cc(SC)ccc21. The summed E-state index contributed by atoms with van der Waals surface area (Å²) < 4.78 is 38.3. The van der Waals surface area contributed by atoms with Crippen molar-refractivity contribution >= 4 is 49.1 Å². The van der Waals surface area contributed by atoms with Crippen molar-refractivity contribution in [2.45, 2.75) is 16.3 Å². The molecule has 0 aliphatic heterocycles. The average molecular weight is 467 g/mol. The maximum atomic E-state index is 12.6. The van der Waals surface area contributed by atoms with E-state index in [-0.39, 0.29) is 4.90 Å². The van der Waals surface area contributed by atoms with Crippen molar-refractivity contribution in [3.8, 4) is 5.75 Å². The molecule has 0 saturated carbocycles. The minimum absolute atomic E-state index is 0.0556. The number of nitrogens with zero attached hydrogens (tertiary/aromatic N) is 2. The van der Waals surface area contributed by atoms with E-state index in [4.69, 9.17) is 9.47 Å². The fourth-order valence-electron chi connectivity index (χ4n) is 2.83. The largest absolute Gasteiger partial charge is 0.497 e. The highest BCUT2D eigenvalue weighted by atomic mass is 32.2. The number of hydrogen-bond acceptors (Lipinski definition) is 7. The van der Waals surface area contributed by atoms with E-state index in [1.807, 2.05) is 29.0 Å². The number of ether oxygens (including phenoxy) is 2. The molecule has 0 spiro atoms. The zero-order chi connectivity index (χ0) is 21.7. The molecule has 0 atom stereocenters. The second-order valence-corrected chi connectivity index (χ2v) is 10.2. The van der Waals surface area contributed by atoms with Crippen LogP contribution < -0.4 is 9.54 Å². The zero-order valence-electron chi connectivity index (χ0n) is 16.8. The topological polar surface area (TPSA) is 87.0 Å². The van der Waals surface area contributed by atoms with E-state index >= 15 is 0 Å². The first-order valence-electron chi connectivity index (χ1n) is 8.98. The second-order valence-electron chi connectivity index (χ2n) is 6.30. The first-order valence-corrected chi connectivity index (χ1v) is 12.7. The summed E-state index contributed by atoms with van der Waals surface area (Å²) in [7, 11) is -0.707. The van der Waals surface area contributed by atoms with Crippen LogP contribution in [-0.4, -0.2) is 51.7 Å². The third-order valence-electron chi connectivity index (χ3n) is 4.36. The van der Waals surface area contributed by atoms with Gasteiger partial charge in [-0.2, -0.15) is 4.99 Å². The lowest BCUT2D eigenvalue weighted by atomic mass is 10.3. The van der Waals surface area contributed by atoms with E-state index < -0.39 is 21.5 Å². The monoisotopic (exact) mass is 466 g/mol. The Hall–Kier alpha value is -2.14. The third kappa shape index (κ3) is 5.12. The van der Waals surface area contributed by atoms with Crippen LogP contribution in [0.1, 0.15) is 0 Å². The smallest absolute Gasteiger partial charge is 0.263 e. The summed E-state index contributed by atoms with van der Waals surface area (Å²) in [4.78, 5) is 18.3. The van der Waals surface area contributed by atoms with Gasteiger partial charge >= 0.3 is 0 Å². The lowest BCUT2D eigenvalue weighted by Crippen LogP contribution is -2.22. The van der Waals surface area contributed by atoms with Gasteiger partial charge in [-0.1, -0.05) is 11.3 Å². The van der Waals surface area contributed by atoms with E-state index in [0.717, 1.165) is 15.1 Å². The Labute approximate surface area is 183 Å². The summed E-state index contributed by atoms with van der Waals surface area (Å²) in [5, 5.41) is 0. The molecule has 3 rings (SSSR count). The van der Waals surface area contributed by atoms with Gasteiger partial charge in [0, 0.05) is 18.6 Å². The Morgan fingerprint density at radius 3 is 2.53 bits per heavy atom. The molecule has 1 heterocycles. The van der Waals surface area contributed by atoms with Gasteiger partial charge < -0.3 is 14.0 Å². The van der Waals surface area contributed by atoms with Crippen molar-refractivity contribution in [2.75, 3.05) is 32.8 Å². The van der Waals surface area contributed by atoms with Crippen molar-refractivity contribution in [1.29, 1.82) is 0 Å². The first kappa shape index (κ1) is 22.5. The summed E-state index contributed by atoms with van der Waals surface area (Å²) in [5.74, 6) is -0.874. The van der Waals surface area contributed by atoms with Crippen LogP contribution in [0.3, 0.4) is 0 Å². The number of thiazole rings is 1. The van der Waals surface area contributed by atoms with E-state index in [2.05, 4.69) is 4.99 Å². The quantitative estimate of drug-likeness (QED) is 0.475. The lowest BCUT2D eigenvalue weighted by Gasteiger charge is -2.05. The molecular formula is C20H22N2O5S3. The van der Waals surface area contributed by atoms with Gasteiger partial charge in [-0.05, 0) is 48.7 Å².